The summed E-state index contributed by atoms with van der Waals surface area (Å²) < 4.78 is 1.09. The molecule has 2 nitrogen and oxygen atoms in total. The molecule has 2 atom stereocenters. The SMILES string of the molecule is Cc1cnc(N(C)C2CCCCC2Br)c(Br)c1. The Labute approximate surface area is 120 Å². The maximum absolute atomic E-state index is 4.55. The predicted molar refractivity (Wildman–Crippen MR) is 80.0 cm³/mol. The third-order valence-electron chi connectivity index (χ3n) is 3.44. The zero-order chi connectivity index (χ0) is 12.4. The van der Waals surface area contributed by atoms with E-state index in [1.165, 1.54) is 31.2 Å². The summed E-state index contributed by atoms with van der Waals surface area (Å²) >= 11 is 7.42. The first kappa shape index (κ1) is 13.3. The molecular weight excluding hydrogens is 344 g/mol. The molecule has 1 heterocycles. The van der Waals surface area contributed by atoms with Gasteiger partial charge >= 0.3 is 0 Å². The van der Waals surface area contributed by atoms with Crippen LogP contribution in [0, 0.1) is 6.92 Å². The van der Waals surface area contributed by atoms with Gasteiger partial charge in [0.2, 0.25) is 0 Å². The van der Waals surface area contributed by atoms with Crippen LogP contribution in [0.3, 0.4) is 0 Å². The molecule has 4 heteroatoms. The van der Waals surface area contributed by atoms with E-state index >= 15 is 0 Å². The van der Waals surface area contributed by atoms with Crippen LogP contribution in [0.15, 0.2) is 16.7 Å². The van der Waals surface area contributed by atoms with E-state index in [4.69, 9.17) is 0 Å². The molecule has 0 aromatic carbocycles. The Morgan fingerprint density at radius 2 is 2.06 bits per heavy atom. The summed E-state index contributed by atoms with van der Waals surface area (Å²) in [5.41, 5.74) is 1.19. The van der Waals surface area contributed by atoms with Gasteiger partial charge in [0.1, 0.15) is 5.82 Å². The standard InChI is InChI=1S/C13H18Br2N2/c1-9-7-11(15)13(16-8-9)17(2)12-6-4-3-5-10(12)14/h7-8,10,12H,3-6H2,1-2H3. The highest BCUT2D eigenvalue weighted by atomic mass is 79.9. The molecule has 0 bridgehead atoms. The van der Waals surface area contributed by atoms with Gasteiger partial charge in [0.05, 0.1) is 4.47 Å². The van der Waals surface area contributed by atoms with Crippen LogP contribution < -0.4 is 4.90 Å². The van der Waals surface area contributed by atoms with Crippen molar-refractivity contribution in [3.63, 3.8) is 0 Å². The highest BCUT2D eigenvalue weighted by Gasteiger charge is 2.27. The zero-order valence-corrected chi connectivity index (χ0v) is 13.5. The van der Waals surface area contributed by atoms with Crippen LogP contribution in [-0.2, 0) is 0 Å². The average Bonchev–Trinajstić information content (AvgIpc) is 2.29. The summed E-state index contributed by atoms with van der Waals surface area (Å²) in [7, 11) is 2.15. The lowest BCUT2D eigenvalue weighted by Crippen LogP contribution is -2.41. The second-order valence-electron chi connectivity index (χ2n) is 4.80. The average molecular weight is 362 g/mol. The molecule has 17 heavy (non-hydrogen) atoms. The summed E-state index contributed by atoms with van der Waals surface area (Å²) in [4.78, 5) is 7.43. The van der Waals surface area contributed by atoms with Gasteiger partial charge < -0.3 is 4.90 Å². The summed E-state index contributed by atoms with van der Waals surface area (Å²) in [5, 5.41) is 0. The van der Waals surface area contributed by atoms with Gasteiger partial charge in [-0.25, -0.2) is 4.98 Å². The Morgan fingerprint density at radius 1 is 1.35 bits per heavy atom. The van der Waals surface area contributed by atoms with Crippen LogP contribution in [0.25, 0.3) is 0 Å². The van der Waals surface area contributed by atoms with Crippen LogP contribution >= 0.6 is 31.9 Å². The summed E-state index contributed by atoms with van der Waals surface area (Å²) in [6, 6.07) is 2.68. The molecule has 1 aliphatic carbocycles. The molecule has 1 aromatic heterocycles. The van der Waals surface area contributed by atoms with E-state index < -0.39 is 0 Å². The maximum atomic E-state index is 4.55. The fraction of sp³-hybridized carbons (Fsp3) is 0.615. The van der Waals surface area contributed by atoms with Crippen molar-refractivity contribution in [1.29, 1.82) is 0 Å². The molecule has 0 radical (unpaired) electrons. The quantitative estimate of drug-likeness (QED) is 0.730. The Morgan fingerprint density at radius 3 is 2.71 bits per heavy atom. The fourth-order valence-corrected chi connectivity index (χ4v) is 4.13. The van der Waals surface area contributed by atoms with E-state index in [1.54, 1.807) is 0 Å². The van der Waals surface area contributed by atoms with Crippen molar-refractivity contribution in [3.8, 4) is 0 Å². The molecule has 0 amide bonds. The Kier molecular flexibility index (Phi) is 4.47. The Hall–Kier alpha value is -0.0900. The third-order valence-corrected chi connectivity index (χ3v) is 5.09. The molecule has 2 unspecified atom stereocenters. The zero-order valence-electron chi connectivity index (χ0n) is 10.3. The first-order chi connectivity index (χ1) is 8.09. The van der Waals surface area contributed by atoms with E-state index in [0.717, 1.165) is 10.3 Å². The number of pyridine rings is 1. The normalized spacial score (nSPS) is 24.7. The van der Waals surface area contributed by atoms with E-state index in [1.807, 2.05) is 6.20 Å². The predicted octanol–water partition coefficient (Wildman–Crippen LogP) is 4.29. The van der Waals surface area contributed by atoms with E-state index in [-0.39, 0.29) is 0 Å². The van der Waals surface area contributed by atoms with Gasteiger partial charge in [-0.1, -0.05) is 28.8 Å². The molecule has 2 rings (SSSR count). The summed E-state index contributed by atoms with van der Waals surface area (Å²) in [5.74, 6) is 1.05. The van der Waals surface area contributed by atoms with Crippen molar-refractivity contribution in [1.82, 2.24) is 4.98 Å². The maximum Gasteiger partial charge on any atom is 0.142 e. The monoisotopic (exact) mass is 360 g/mol. The molecule has 1 aliphatic rings. The molecule has 1 fully saturated rings. The number of hydrogen-bond donors (Lipinski definition) is 0. The lowest BCUT2D eigenvalue weighted by molar-refractivity contribution is 0.442. The molecule has 0 aliphatic heterocycles. The molecule has 0 N–H and O–H groups in total. The molecule has 1 saturated carbocycles. The Balaban J connectivity index is 2.20. The van der Waals surface area contributed by atoms with Gasteiger partial charge in [-0.05, 0) is 47.3 Å². The van der Waals surface area contributed by atoms with Crippen molar-refractivity contribution in [2.75, 3.05) is 11.9 Å². The van der Waals surface area contributed by atoms with Crippen LogP contribution in [-0.4, -0.2) is 22.9 Å². The van der Waals surface area contributed by atoms with Gasteiger partial charge in [-0.15, -0.1) is 0 Å². The van der Waals surface area contributed by atoms with Gasteiger partial charge in [0.15, 0.2) is 0 Å². The van der Waals surface area contributed by atoms with E-state index in [9.17, 15) is 0 Å². The van der Waals surface area contributed by atoms with Crippen molar-refractivity contribution in [2.45, 2.75) is 43.5 Å². The van der Waals surface area contributed by atoms with Crippen molar-refractivity contribution in [3.05, 3.63) is 22.3 Å². The first-order valence-electron chi connectivity index (χ1n) is 6.08. The number of alkyl halides is 1. The highest BCUT2D eigenvalue weighted by molar-refractivity contribution is 9.10. The molecule has 1 aromatic rings. The lowest BCUT2D eigenvalue weighted by atomic mass is 9.94. The number of hydrogen-bond acceptors (Lipinski definition) is 2. The molecule has 0 saturated heterocycles. The number of rotatable bonds is 2. The number of aryl methyl sites for hydroxylation is 1. The lowest BCUT2D eigenvalue weighted by Gasteiger charge is -2.36. The van der Waals surface area contributed by atoms with Gasteiger partial charge in [-0.3, -0.25) is 0 Å². The van der Waals surface area contributed by atoms with Crippen LogP contribution in [0.2, 0.25) is 0 Å². The number of anilines is 1. The van der Waals surface area contributed by atoms with Crippen LogP contribution in [0.5, 0.6) is 0 Å². The molecule has 0 spiro atoms. The van der Waals surface area contributed by atoms with E-state index in [0.29, 0.717) is 10.9 Å². The summed E-state index contributed by atoms with van der Waals surface area (Å²) in [6.07, 6.45) is 7.10. The Bertz CT molecular complexity index is 395. The van der Waals surface area contributed by atoms with Gasteiger partial charge in [-0.2, -0.15) is 0 Å². The second kappa shape index (κ2) is 5.70. The first-order valence-corrected chi connectivity index (χ1v) is 7.79. The number of aromatic nitrogens is 1. The molecule has 94 valence electrons. The van der Waals surface area contributed by atoms with Crippen molar-refractivity contribution < 1.29 is 0 Å². The van der Waals surface area contributed by atoms with Crippen molar-refractivity contribution >= 4 is 37.7 Å². The van der Waals surface area contributed by atoms with Crippen LogP contribution in [0.1, 0.15) is 31.2 Å². The van der Waals surface area contributed by atoms with Crippen molar-refractivity contribution in [2.24, 2.45) is 0 Å². The number of halogens is 2. The minimum atomic E-state index is 0.551. The third kappa shape index (κ3) is 3.02. The summed E-state index contributed by atoms with van der Waals surface area (Å²) in [6.45, 7) is 2.06. The largest absolute Gasteiger partial charge is 0.355 e. The fourth-order valence-electron chi connectivity index (χ4n) is 2.45. The minimum absolute atomic E-state index is 0.551. The van der Waals surface area contributed by atoms with Gasteiger partial charge in [0.25, 0.3) is 0 Å². The van der Waals surface area contributed by atoms with E-state index in [2.05, 4.69) is 61.8 Å². The second-order valence-corrected chi connectivity index (χ2v) is 6.83. The van der Waals surface area contributed by atoms with Gasteiger partial charge in [0, 0.05) is 24.1 Å². The molecular formula is C13H18Br2N2. The smallest absolute Gasteiger partial charge is 0.142 e. The minimum Gasteiger partial charge on any atom is -0.355 e. The van der Waals surface area contributed by atoms with Crippen LogP contribution in [0.4, 0.5) is 5.82 Å². The highest BCUT2D eigenvalue weighted by Crippen LogP contribution is 2.33. The number of nitrogens with zero attached hydrogens (tertiary/aromatic N) is 2. The topological polar surface area (TPSA) is 16.1 Å².